The van der Waals surface area contributed by atoms with Gasteiger partial charge in [0.15, 0.2) is 11.5 Å². The van der Waals surface area contributed by atoms with Gasteiger partial charge in [-0.25, -0.2) is 0 Å². The monoisotopic (exact) mass is 281 g/mol. The Morgan fingerprint density at radius 2 is 1.65 bits per heavy atom. The van der Waals surface area contributed by atoms with Gasteiger partial charge in [-0.05, 0) is 6.07 Å². The van der Waals surface area contributed by atoms with Crippen LogP contribution in [0.2, 0.25) is 0 Å². The number of hydrogen-bond donors (Lipinski definition) is 3. The second-order valence-corrected chi connectivity index (χ2v) is 4.03. The van der Waals surface area contributed by atoms with Crippen LogP contribution in [0, 0.1) is 0 Å². The van der Waals surface area contributed by atoms with Gasteiger partial charge in [0.2, 0.25) is 5.91 Å². The number of rotatable bonds is 6. The van der Waals surface area contributed by atoms with Crippen LogP contribution in [0.1, 0.15) is 17.3 Å². The van der Waals surface area contributed by atoms with Crippen LogP contribution >= 0.6 is 0 Å². The number of ether oxygens (including phenoxy) is 2. The lowest BCUT2D eigenvalue weighted by molar-refractivity contribution is -0.118. The Bertz CT molecular complexity index is 503. The van der Waals surface area contributed by atoms with Crippen molar-refractivity contribution in [2.24, 2.45) is 0 Å². The average Bonchev–Trinajstić information content (AvgIpc) is 2.42. The number of nitrogens with one attached hydrogen (secondary N) is 2. The maximum Gasteiger partial charge on any atom is 0.253 e. The lowest BCUT2D eigenvalue weighted by Crippen LogP contribution is -2.33. The van der Waals surface area contributed by atoms with E-state index < -0.39 is 0 Å². The van der Waals surface area contributed by atoms with Crippen molar-refractivity contribution in [1.29, 1.82) is 0 Å². The second kappa shape index (κ2) is 7.22. The maximum absolute atomic E-state index is 12.0. The summed E-state index contributed by atoms with van der Waals surface area (Å²) in [6.45, 7) is 2.08. The summed E-state index contributed by atoms with van der Waals surface area (Å²) in [6, 6.07) is 3.05. The standard InChI is InChI=1S/C13H19N3O4/c1-8(17)15-4-5-16-13(18)9-6-11(19-2)12(20-3)7-10(9)14/h6-7H,4-5,14H2,1-3H3,(H,15,17)(H,16,18). The molecule has 7 nitrogen and oxygen atoms in total. The molecule has 7 heteroatoms. The number of methoxy groups -OCH3 is 2. The third kappa shape index (κ3) is 4.04. The summed E-state index contributed by atoms with van der Waals surface area (Å²) in [4.78, 5) is 22.7. The lowest BCUT2D eigenvalue weighted by Gasteiger charge is -2.12. The summed E-state index contributed by atoms with van der Waals surface area (Å²) in [6.07, 6.45) is 0. The van der Waals surface area contributed by atoms with Gasteiger partial charge in [0.05, 0.1) is 19.8 Å². The molecule has 1 rings (SSSR count). The summed E-state index contributed by atoms with van der Waals surface area (Å²) >= 11 is 0. The van der Waals surface area contributed by atoms with Gasteiger partial charge in [-0.15, -0.1) is 0 Å². The molecule has 0 atom stereocenters. The van der Waals surface area contributed by atoms with Gasteiger partial charge in [0.25, 0.3) is 5.91 Å². The lowest BCUT2D eigenvalue weighted by atomic mass is 10.1. The van der Waals surface area contributed by atoms with Gasteiger partial charge in [-0.1, -0.05) is 0 Å². The summed E-state index contributed by atoms with van der Waals surface area (Å²) in [5, 5.41) is 5.23. The van der Waals surface area contributed by atoms with Crippen molar-refractivity contribution in [3.05, 3.63) is 17.7 Å². The number of hydrogen-bond acceptors (Lipinski definition) is 5. The molecule has 0 saturated heterocycles. The zero-order chi connectivity index (χ0) is 15.1. The van der Waals surface area contributed by atoms with Crippen molar-refractivity contribution >= 4 is 17.5 Å². The number of carbonyl (C=O) groups excluding carboxylic acids is 2. The Balaban J connectivity index is 2.75. The Hall–Kier alpha value is -2.44. The van der Waals surface area contributed by atoms with Crippen LogP contribution in [0.4, 0.5) is 5.69 Å². The minimum absolute atomic E-state index is 0.148. The first-order chi connectivity index (χ1) is 9.49. The number of anilines is 1. The first-order valence-corrected chi connectivity index (χ1v) is 6.03. The van der Waals surface area contributed by atoms with Gasteiger partial charge in [0, 0.05) is 31.8 Å². The fourth-order valence-electron chi connectivity index (χ4n) is 1.60. The molecule has 0 aromatic heterocycles. The molecular weight excluding hydrogens is 262 g/mol. The molecular formula is C13H19N3O4. The van der Waals surface area contributed by atoms with Gasteiger partial charge >= 0.3 is 0 Å². The van der Waals surface area contributed by atoms with Crippen molar-refractivity contribution in [3.8, 4) is 11.5 Å². The molecule has 0 aliphatic rings. The van der Waals surface area contributed by atoms with Crippen molar-refractivity contribution in [2.75, 3.05) is 33.0 Å². The summed E-state index contributed by atoms with van der Waals surface area (Å²) < 4.78 is 10.2. The third-order valence-electron chi connectivity index (χ3n) is 2.58. The first-order valence-electron chi connectivity index (χ1n) is 6.03. The van der Waals surface area contributed by atoms with E-state index in [2.05, 4.69) is 10.6 Å². The summed E-state index contributed by atoms with van der Waals surface area (Å²) in [5.74, 6) is 0.396. The summed E-state index contributed by atoms with van der Waals surface area (Å²) in [7, 11) is 2.97. The van der Waals surface area contributed by atoms with Gasteiger partial charge in [-0.3, -0.25) is 9.59 Å². The molecule has 2 amide bonds. The van der Waals surface area contributed by atoms with E-state index in [-0.39, 0.29) is 11.8 Å². The SMILES string of the molecule is COc1cc(N)c(C(=O)NCCNC(C)=O)cc1OC. The Kier molecular flexibility index (Phi) is 5.64. The fraction of sp³-hybridized carbons (Fsp3) is 0.385. The predicted molar refractivity (Wildman–Crippen MR) is 75.0 cm³/mol. The van der Waals surface area contributed by atoms with E-state index >= 15 is 0 Å². The Labute approximate surface area is 117 Å². The van der Waals surface area contributed by atoms with Gasteiger partial charge in [0.1, 0.15) is 0 Å². The van der Waals surface area contributed by atoms with Gasteiger partial charge in [-0.2, -0.15) is 0 Å². The van der Waals surface area contributed by atoms with E-state index in [1.165, 1.54) is 33.3 Å². The number of nitrogen functional groups attached to an aromatic ring is 1. The number of benzene rings is 1. The smallest absolute Gasteiger partial charge is 0.253 e. The molecule has 20 heavy (non-hydrogen) atoms. The fourth-order valence-corrected chi connectivity index (χ4v) is 1.60. The normalized spacial score (nSPS) is 9.75. The zero-order valence-corrected chi connectivity index (χ0v) is 11.8. The van der Waals surface area contributed by atoms with Crippen molar-refractivity contribution in [1.82, 2.24) is 10.6 Å². The highest BCUT2D eigenvalue weighted by Crippen LogP contribution is 2.31. The van der Waals surface area contributed by atoms with E-state index in [0.717, 1.165) is 0 Å². The van der Waals surface area contributed by atoms with E-state index in [9.17, 15) is 9.59 Å². The molecule has 0 aliphatic heterocycles. The van der Waals surface area contributed by atoms with E-state index in [4.69, 9.17) is 15.2 Å². The number of amides is 2. The highest BCUT2D eigenvalue weighted by Gasteiger charge is 2.14. The molecule has 0 saturated carbocycles. The van der Waals surface area contributed by atoms with Crippen LogP contribution in [0.5, 0.6) is 11.5 Å². The molecule has 0 bridgehead atoms. The minimum Gasteiger partial charge on any atom is -0.493 e. The molecule has 0 aliphatic carbocycles. The molecule has 0 heterocycles. The van der Waals surface area contributed by atoms with Crippen LogP contribution in [-0.2, 0) is 4.79 Å². The highest BCUT2D eigenvalue weighted by atomic mass is 16.5. The minimum atomic E-state index is -0.339. The van der Waals surface area contributed by atoms with Crippen molar-refractivity contribution < 1.29 is 19.1 Å². The molecule has 0 radical (unpaired) electrons. The number of nitrogens with two attached hydrogens (primary N) is 1. The third-order valence-corrected chi connectivity index (χ3v) is 2.58. The summed E-state index contributed by atoms with van der Waals surface area (Å²) in [5.41, 5.74) is 6.40. The second-order valence-electron chi connectivity index (χ2n) is 4.03. The highest BCUT2D eigenvalue weighted by molar-refractivity contribution is 6.00. The molecule has 110 valence electrons. The molecule has 1 aromatic carbocycles. The average molecular weight is 281 g/mol. The number of carbonyl (C=O) groups is 2. The predicted octanol–water partition coefficient (Wildman–Crippen LogP) is 0.152. The van der Waals surface area contributed by atoms with Crippen molar-refractivity contribution in [2.45, 2.75) is 6.92 Å². The van der Waals surface area contributed by atoms with Gasteiger partial charge < -0.3 is 25.8 Å². The molecule has 4 N–H and O–H groups in total. The molecule has 0 spiro atoms. The topological polar surface area (TPSA) is 103 Å². The van der Waals surface area contributed by atoms with Crippen LogP contribution in [-0.4, -0.2) is 39.1 Å². The Morgan fingerprint density at radius 1 is 1.10 bits per heavy atom. The van der Waals surface area contributed by atoms with Crippen LogP contribution in [0.3, 0.4) is 0 Å². The van der Waals surface area contributed by atoms with E-state index in [0.29, 0.717) is 35.8 Å². The van der Waals surface area contributed by atoms with Crippen molar-refractivity contribution in [3.63, 3.8) is 0 Å². The van der Waals surface area contributed by atoms with E-state index in [1.54, 1.807) is 0 Å². The van der Waals surface area contributed by atoms with E-state index in [1.807, 2.05) is 0 Å². The molecule has 1 aromatic rings. The van der Waals surface area contributed by atoms with Crippen LogP contribution in [0.15, 0.2) is 12.1 Å². The maximum atomic E-state index is 12.0. The quantitative estimate of drug-likeness (QED) is 0.509. The zero-order valence-electron chi connectivity index (χ0n) is 11.8. The van der Waals surface area contributed by atoms with Crippen LogP contribution in [0.25, 0.3) is 0 Å². The van der Waals surface area contributed by atoms with Crippen LogP contribution < -0.4 is 25.8 Å². The molecule has 0 unspecified atom stereocenters. The Morgan fingerprint density at radius 3 is 2.20 bits per heavy atom. The molecule has 0 fully saturated rings. The largest absolute Gasteiger partial charge is 0.493 e. The first kappa shape index (κ1) is 15.6.